The summed E-state index contributed by atoms with van der Waals surface area (Å²) in [5.74, 6) is 0.435. The van der Waals surface area contributed by atoms with E-state index in [0.717, 1.165) is 31.2 Å². The smallest absolute Gasteiger partial charge is 0.138 e. The Morgan fingerprint density at radius 2 is 2.06 bits per heavy atom. The molecule has 0 N–H and O–H groups in total. The fourth-order valence-corrected chi connectivity index (χ4v) is 2.60. The van der Waals surface area contributed by atoms with Crippen LogP contribution in [0.2, 0.25) is 0 Å². The Hall–Kier alpha value is -1.15. The summed E-state index contributed by atoms with van der Waals surface area (Å²) < 4.78 is 5.82. The van der Waals surface area contributed by atoms with Crippen molar-refractivity contribution in [2.75, 3.05) is 6.61 Å². The summed E-state index contributed by atoms with van der Waals surface area (Å²) >= 11 is 0. The van der Waals surface area contributed by atoms with E-state index in [0.29, 0.717) is 12.4 Å². The fraction of sp³-hybridized carbons (Fsp3) is 0.533. The minimum atomic E-state index is -0.0472. The molecule has 0 spiro atoms. The van der Waals surface area contributed by atoms with E-state index in [1.54, 1.807) is 0 Å². The van der Waals surface area contributed by atoms with Crippen LogP contribution in [0.4, 0.5) is 0 Å². The van der Waals surface area contributed by atoms with Gasteiger partial charge in [-0.15, -0.1) is 0 Å². The van der Waals surface area contributed by atoms with E-state index in [1.807, 2.05) is 25.1 Å². The summed E-state index contributed by atoms with van der Waals surface area (Å²) in [4.78, 5) is 12.0. The quantitative estimate of drug-likeness (QED) is 0.794. The largest absolute Gasteiger partial charge is 0.373 e. The lowest BCUT2D eigenvalue weighted by atomic mass is 9.81. The van der Waals surface area contributed by atoms with Gasteiger partial charge in [-0.2, -0.15) is 0 Å². The van der Waals surface area contributed by atoms with E-state index < -0.39 is 0 Å². The Kier molecular flexibility index (Phi) is 4.32. The van der Waals surface area contributed by atoms with E-state index in [4.69, 9.17) is 4.74 Å². The van der Waals surface area contributed by atoms with Crippen LogP contribution in [0.5, 0.6) is 0 Å². The molecule has 17 heavy (non-hydrogen) atoms. The normalized spacial score (nSPS) is 22.4. The Morgan fingerprint density at radius 3 is 2.71 bits per heavy atom. The van der Waals surface area contributed by atoms with Crippen LogP contribution in [0.3, 0.4) is 0 Å². The third-order valence-corrected chi connectivity index (χ3v) is 3.44. The predicted molar refractivity (Wildman–Crippen MR) is 67.8 cm³/mol. The van der Waals surface area contributed by atoms with Gasteiger partial charge in [0.15, 0.2) is 0 Å². The maximum Gasteiger partial charge on any atom is 0.138 e. The number of carbonyl (C=O) groups is 1. The third kappa shape index (κ3) is 2.95. The maximum atomic E-state index is 12.0. The number of Topliss-reactive ketones (excluding diaryl/α,β-unsaturated/α-hetero) is 1. The zero-order chi connectivity index (χ0) is 12.1. The van der Waals surface area contributed by atoms with E-state index in [9.17, 15) is 4.79 Å². The molecule has 1 fully saturated rings. The average Bonchev–Trinajstić information content (AvgIpc) is 2.38. The number of hydrogen-bond acceptors (Lipinski definition) is 2. The lowest BCUT2D eigenvalue weighted by Gasteiger charge is -2.29. The fourth-order valence-electron chi connectivity index (χ4n) is 2.60. The lowest BCUT2D eigenvalue weighted by Crippen LogP contribution is -2.27. The van der Waals surface area contributed by atoms with Gasteiger partial charge in [-0.05, 0) is 25.3 Å². The van der Waals surface area contributed by atoms with Crippen LogP contribution in [0.1, 0.15) is 44.3 Å². The van der Waals surface area contributed by atoms with Gasteiger partial charge in [0.2, 0.25) is 0 Å². The summed E-state index contributed by atoms with van der Waals surface area (Å²) in [7, 11) is 0. The first-order chi connectivity index (χ1) is 8.33. The molecule has 2 unspecified atom stereocenters. The van der Waals surface area contributed by atoms with Crippen LogP contribution in [-0.4, -0.2) is 12.4 Å². The van der Waals surface area contributed by atoms with Crippen molar-refractivity contribution in [1.29, 1.82) is 0 Å². The van der Waals surface area contributed by atoms with Crippen molar-refractivity contribution in [2.45, 2.75) is 38.7 Å². The second-order valence-electron chi connectivity index (χ2n) is 4.61. The Labute approximate surface area is 103 Å². The van der Waals surface area contributed by atoms with Crippen LogP contribution in [0.25, 0.3) is 0 Å². The standard InChI is InChI=1S/C15H20O2/c1-2-17-15(12-8-4-3-5-9-12)13-10-6-7-11-14(13)16/h3-5,8-9,13,15H,2,6-7,10-11H2,1H3. The molecule has 0 aromatic heterocycles. The van der Waals surface area contributed by atoms with Gasteiger partial charge in [0.25, 0.3) is 0 Å². The average molecular weight is 232 g/mol. The van der Waals surface area contributed by atoms with Crippen molar-refractivity contribution in [2.24, 2.45) is 5.92 Å². The van der Waals surface area contributed by atoms with Crippen LogP contribution in [0.15, 0.2) is 30.3 Å². The molecule has 0 heterocycles. The van der Waals surface area contributed by atoms with Crippen molar-refractivity contribution in [1.82, 2.24) is 0 Å². The van der Waals surface area contributed by atoms with Crippen molar-refractivity contribution in [3.05, 3.63) is 35.9 Å². The molecule has 2 nitrogen and oxygen atoms in total. The summed E-state index contributed by atoms with van der Waals surface area (Å²) in [5, 5.41) is 0. The highest BCUT2D eigenvalue weighted by Crippen LogP contribution is 2.34. The van der Waals surface area contributed by atoms with E-state index in [1.165, 1.54) is 0 Å². The Morgan fingerprint density at radius 1 is 1.29 bits per heavy atom. The summed E-state index contributed by atoms with van der Waals surface area (Å²) in [6, 6.07) is 10.1. The molecule has 1 aliphatic carbocycles. The van der Waals surface area contributed by atoms with Crippen LogP contribution >= 0.6 is 0 Å². The van der Waals surface area contributed by atoms with E-state index >= 15 is 0 Å². The first-order valence-electron chi connectivity index (χ1n) is 6.52. The molecule has 1 aromatic carbocycles. The summed E-state index contributed by atoms with van der Waals surface area (Å²) in [5.41, 5.74) is 1.13. The van der Waals surface area contributed by atoms with Gasteiger partial charge < -0.3 is 4.74 Å². The third-order valence-electron chi connectivity index (χ3n) is 3.44. The highest BCUT2D eigenvalue weighted by Gasteiger charge is 2.31. The number of ketones is 1. The zero-order valence-corrected chi connectivity index (χ0v) is 10.4. The minimum Gasteiger partial charge on any atom is -0.373 e. The predicted octanol–water partition coefficient (Wildman–Crippen LogP) is 3.52. The van der Waals surface area contributed by atoms with E-state index in [-0.39, 0.29) is 12.0 Å². The first kappa shape index (κ1) is 12.3. The Bertz CT molecular complexity index is 358. The molecule has 2 atom stereocenters. The number of benzene rings is 1. The number of carbonyl (C=O) groups excluding carboxylic acids is 1. The van der Waals surface area contributed by atoms with Crippen molar-refractivity contribution in [3.8, 4) is 0 Å². The highest BCUT2D eigenvalue weighted by molar-refractivity contribution is 5.82. The maximum absolute atomic E-state index is 12.0. The lowest BCUT2D eigenvalue weighted by molar-refractivity contribution is -0.130. The molecule has 0 amide bonds. The second-order valence-corrected chi connectivity index (χ2v) is 4.61. The first-order valence-corrected chi connectivity index (χ1v) is 6.52. The Balaban J connectivity index is 2.19. The summed E-state index contributed by atoms with van der Waals surface area (Å²) in [6.07, 6.45) is 3.84. The molecular weight excluding hydrogens is 212 g/mol. The minimum absolute atomic E-state index is 0.0472. The second kappa shape index (κ2) is 5.97. The van der Waals surface area contributed by atoms with Crippen LogP contribution < -0.4 is 0 Å². The molecule has 0 radical (unpaired) electrons. The van der Waals surface area contributed by atoms with Gasteiger partial charge in [0, 0.05) is 18.9 Å². The molecule has 1 aromatic rings. The van der Waals surface area contributed by atoms with Gasteiger partial charge in [0.05, 0.1) is 6.10 Å². The molecule has 0 aliphatic heterocycles. The van der Waals surface area contributed by atoms with Crippen LogP contribution in [-0.2, 0) is 9.53 Å². The van der Waals surface area contributed by atoms with Gasteiger partial charge in [-0.3, -0.25) is 4.79 Å². The number of ether oxygens (including phenoxy) is 1. The molecule has 2 heteroatoms. The topological polar surface area (TPSA) is 26.3 Å². The van der Waals surface area contributed by atoms with Crippen molar-refractivity contribution < 1.29 is 9.53 Å². The van der Waals surface area contributed by atoms with E-state index in [2.05, 4.69) is 12.1 Å². The molecule has 1 saturated carbocycles. The molecule has 0 bridgehead atoms. The molecule has 2 rings (SSSR count). The molecule has 92 valence electrons. The van der Waals surface area contributed by atoms with Gasteiger partial charge in [-0.1, -0.05) is 36.8 Å². The number of hydrogen-bond donors (Lipinski definition) is 0. The van der Waals surface area contributed by atoms with Crippen molar-refractivity contribution >= 4 is 5.78 Å². The number of rotatable bonds is 4. The van der Waals surface area contributed by atoms with Gasteiger partial charge in [0.1, 0.15) is 5.78 Å². The van der Waals surface area contributed by atoms with Gasteiger partial charge >= 0.3 is 0 Å². The molecule has 0 saturated heterocycles. The van der Waals surface area contributed by atoms with Crippen molar-refractivity contribution in [3.63, 3.8) is 0 Å². The highest BCUT2D eigenvalue weighted by atomic mass is 16.5. The monoisotopic (exact) mass is 232 g/mol. The molecule has 1 aliphatic rings. The SMILES string of the molecule is CCOC(c1ccccc1)C1CCCCC1=O. The summed E-state index contributed by atoms with van der Waals surface area (Å²) in [6.45, 7) is 2.65. The van der Waals surface area contributed by atoms with Crippen LogP contribution in [0, 0.1) is 5.92 Å². The van der Waals surface area contributed by atoms with Gasteiger partial charge in [-0.25, -0.2) is 0 Å². The molecular formula is C15H20O2. The zero-order valence-electron chi connectivity index (χ0n) is 10.4.